The second kappa shape index (κ2) is 8.12. The fraction of sp³-hybridized carbons (Fsp3) is 0.176. The number of benzene rings is 1. The van der Waals surface area contributed by atoms with E-state index in [-0.39, 0.29) is 22.4 Å². The lowest BCUT2D eigenvalue weighted by Crippen LogP contribution is -2.14. The molecule has 0 aliphatic rings. The Morgan fingerprint density at radius 1 is 1.33 bits per heavy atom. The van der Waals surface area contributed by atoms with Crippen molar-refractivity contribution in [2.75, 3.05) is 11.3 Å². The summed E-state index contributed by atoms with van der Waals surface area (Å²) in [6.07, 6.45) is 1.73. The fourth-order valence-corrected chi connectivity index (χ4v) is 4.73. The van der Waals surface area contributed by atoms with Crippen LogP contribution in [0.3, 0.4) is 0 Å². The molecule has 0 bridgehead atoms. The third kappa shape index (κ3) is 4.68. The van der Waals surface area contributed by atoms with Gasteiger partial charge in [0.15, 0.2) is 5.13 Å². The Morgan fingerprint density at radius 3 is 2.89 bits per heavy atom. The number of nitrogens with zero attached hydrogens (tertiary/aromatic N) is 1. The maximum Gasteiger partial charge on any atom is 0.374 e. The summed E-state index contributed by atoms with van der Waals surface area (Å²) >= 11 is 7.14. The number of carbonyl (C=O) groups is 1. The van der Waals surface area contributed by atoms with E-state index in [2.05, 4.69) is 9.71 Å². The molecule has 2 aromatic heterocycles. The van der Waals surface area contributed by atoms with E-state index in [1.165, 1.54) is 18.4 Å². The number of anilines is 1. The van der Waals surface area contributed by atoms with Crippen molar-refractivity contribution in [1.29, 1.82) is 0 Å². The first-order valence-corrected chi connectivity index (χ1v) is 10.5. The molecule has 0 radical (unpaired) electrons. The summed E-state index contributed by atoms with van der Waals surface area (Å²) in [5.41, 5.74) is 1.07. The minimum atomic E-state index is -3.80. The average Bonchev–Trinajstić information content (AvgIpc) is 3.29. The molecule has 0 unspecified atom stereocenters. The molecule has 0 saturated carbocycles. The van der Waals surface area contributed by atoms with Crippen LogP contribution < -0.4 is 4.72 Å². The number of furan rings is 1. The lowest BCUT2D eigenvalue weighted by molar-refractivity contribution is 0.0472. The number of hydrogen-bond acceptors (Lipinski definition) is 7. The Labute approximate surface area is 165 Å². The van der Waals surface area contributed by atoms with Crippen molar-refractivity contribution < 1.29 is 22.4 Å². The molecule has 3 aromatic rings. The maximum atomic E-state index is 12.5. The van der Waals surface area contributed by atoms with Crippen molar-refractivity contribution in [2.24, 2.45) is 0 Å². The number of esters is 1. The number of nitrogens with one attached hydrogen (secondary N) is 1. The number of sulfonamides is 1. The number of thiazole rings is 1. The van der Waals surface area contributed by atoms with E-state index in [0.717, 1.165) is 11.3 Å². The molecule has 2 heterocycles. The molecule has 0 atom stereocenters. The van der Waals surface area contributed by atoms with Crippen LogP contribution in [-0.2, 0) is 21.2 Å². The van der Waals surface area contributed by atoms with Gasteiger partial charge < -0.3 is 9.15 Å². The molecular formula is C17H15ClN2O5S2. The Morgan fingerprint density at radius 2 is 2.15 bits per heavy atom. The Hall–Kier alpha value is -2.36. The second-order valence-electron chi connectivity index (χ2n) is 5.48. The van der Waals surface area contributed by atoms with Crippen LogP contribution in [0.2, 0.25) is 5.02 Å². The number of rotatable bonds is 7. The molecule has 27 heavy (non-hydrogen) atoms. The van der Waals surface area contributed by atoms with Gasteiger partial charge in [0.25, 0.3) is 10.0 Å². The van der Waals surface area contributed by atoms with Gasteiger partial charge in [0, 0.05) is 16.8 Å². The van der Waals surface area contributed by atoms with Crippen LogP contribution in [0.1, 0.15) is 21.8 Å². The van der Waals surface area contributed by atoms with Crippen LogP contribution in [0.4, 0.5) is 5.13 Å². The summed E-state index contributed by atoms with van der Waals surface area (Å²) in [5, 5.41) is 2.29. The summed E-state index contributed by atoms with van der Waals surface area (Å²) in [6, 6.07) is 7.78. The van der Waals surface area contributed by atoms with Gasteiger partial charge in [-0.3, -0.25) is 4.72 Å². The zero-order valence-corrected chi connectivity index (χ0v) is 16.5. The van der Waals surface area contributed by atoms with E-state index >= 15 is 0 Å². The van der Waals surface area contributed by atoms with E-state index in [4.69, 9.17) is 20.8 Å². The summed E-state index contributed by atoms with van der Waals surface area (Å²) in [7, 11) is -3.80. The van der Waals surface area contributed by atoms with Crippen molar-refractivity contribution in [3.8, 4) is 0 Å². The standard InChI is InChI=1S/C17H15ClN2O5S2/c1-11-13(18)4-2-6-15(11)27(22,23)20-17-19-12(10-26-17)7-9-25-16(21)14-5-3-8-24-14/h2-6,8,10H,7,9H2,1H3,(H,19,20). The first-order chi connectivity index (χ1) is 12.9. The predicted molar refractivity (Wildman–Crippen MR) is 102 cm³/mol. The van der Waals surface area contributed by atoms with Crippen LogP contribution in [0, 0.1) is 6.92 Å². The van der Waals surface area contributed by atoms with Gasteiger partial charge in [-0.15, -0.1) is 11.3 Å². The monoisotopic (exact) mass is 426 g/mol. The number of carbonyl (C=O) groups excluding carboxylic acids is 1. The first kappa shape index (κ1) is 19.4. The summed E-state index contributed by atoms with van der Waals surface area (Å²) in [4.78, 5) is 16.0. The van der Waals surface area contributed by atoms with Gasteiger partial charge in [-0.1, -0.05) is 17.7 Å². The molecule has 142 valence electrons. The highest BCUT2D eigenvalue weighted by Gasteiger charge is 2.20. The minimum absolute atomic E-state index is 0.0964. The zero-order valence-electron chi connectivity index (χ0n) is 14.1. The first-order valence-electron chi connectivity index (χ1n) is 7.80. The SMILES string of the molecule is Cc1c(Cl)cccc1S(=O)(=O)Nc1nc(CCOC(=O)c2ccco2)cs1. The summed E-state index contributed by atoms with van der Waals surface area (Å²) in [5.74, 6) is -0.439. The molecule has 0 saturated heterocycles. The molecular weight excluding hydrogens is 412 g/mol. The van der Waals surface area contributed by atoms with E-state index in [1.807, 2.05) is 0 Å². The molecule has 0 aliphatic heterocycles. The molecule has 7 nitrogen and oxygen atoms in total. The van der Waals surface area contributed by atoms with Gasteiger partial charge in [0.05, 0.1) is 23.5 Å². The third-order valence-electron chi connectivity index (χ3n) is 3.59. The average molecular weight is 427 g/mol. The lowest BCUT2D eigenvalue weighted by Gasteiger charge is -2.09. The lowest BCUT2D eigenvalue weighted by atomic mass is 10.2. The number of ether oxygens (including phenoxy) is 1. The molecule has 1 aromatic carbocycles. The Bertz CT molecular complexity index is 1050. The van der Waals surface area contributed by atoms with Gasteiger partial charge in [-0.05, 0) is 36.8 Å². The van der Waals surface area contributed by atoms with Gasteiger partial charge in [-0.25, -0.2) is 18.2 Å². The number of hydrogen-bond donors (Lipinski definition) is 1. The highest BCUT2D eigenvalue weighted by Crippen LogP contribution is 2.26. The van der Waals surface area contributed by atoms with Crippen molar-refractivity contribution >= 4 is 44.1 Å². The van der Waals surface area contributed by atoms with Crippen LogP contribution in [0.15, 0.2) is 51.3 Å². The van der Waals surface area contributed by atoms with Crippen molar-refractivity contribution in [1.82, 2.24) is 4.98 Å². The zero-order chi connectivity index (χ0) is 19.4. The van der Waals surface area contributed by atoms with Gasteiger partial charge in [-0.2, -0.15) is 0 Å². The van der Waals surface area contributed by atoms with Crippen LogP contribution in [0.25, 0.3) is 0 Å². The normalized spacial score (nSPS) is 11.3. The highest BCUT2D eigenvalue weighted by molar-refractivity contribution is 7.93. The van der Waals surface area contributed by atoms with Crippen molar-refractivity contribution in [2.45, 2.75) is 18.2 Å². The van der Waals surface area contributed by atoms with Crippen LogP contribution in [0.5, 0.6) is 0 Å². The molecule has 10 heteroatoms. The second-order valence-corrected chi connectivity index (χ2v) is 8.39. The smallest absolute Gasteiger partial charge is 0.374 e. The van der Waals surface area contributed by atoms with Crippen LogP contribution in [-0.4, -0.2) is 26.0 Å². The Kier molecular flexibility index (Phi) is 5.83. The van der Waals surface area contributed by atoms with E-state index < -0.39 is 16.0 Å². The predicted octanol–water partition coefficient (Wildman–Crippen LogP) is 3.90. The molecule has 3 rings (SSSR count). The third-order valence-corrected chi connectivity index (χ3v) is 6.42. The summed E-state index contributed by atoms with van der Waals surface area (Å²) in [6.45, 7) is 1.74. The molecule has 1 N–H and O–H groups in total. The largest absolute Gasteiger partial charge is 0.459 e. The highest BCUT2D eigenvalue weighted by atomic mass is 35.5. The van der Waals surface area contributed by atoms with Gasteiger partial charge >= 0.3 is 5.97 Å². The van der Waals surface area contributed by atoms with E-state index in [9.17, 15) is 13.2 Å². The Balaban J connectivity index is 1.60. The van der Waals surface area contributed by atoms with Gasteiger partial charge in [0.2, 0.25) is 5.76 Å². The molecule has 0 amide bonds. The number of halogens is 1. The van der Waals surface area contributed by atoms with Crippen molar-refractivity contribution in [3.63, 3.8) is 0 Å². The molecule has 0 fully saturated rings. The topological polar surface area (TPSA) is 98.5 Å². The molecule has 0 spiro atoms. The number of aromatic nitrogens is 1. The van der Waals surface area contributed by atoms with E-state index in [0.29, 0.717) is 22.7 Å². The van der Waals surface area contributed by atoms with Crippen molar-refractivity contribution in [3.05, 3.63) is 64.0 Å². The van der Waals surface area contributed by atoms with Gasteiger partial charge in [0.1, 0.15) is 0 Å². The van der Waals surface area contributed by atoms with E-state index in [1.54, 1.807) is 30.5 Å². The summed E-state index contributed by atoms with van der Waals surface area (Å²) < 4.78 is 37.5. The quantitative estimate of drug-likeness (QED) is 0.575. The minimum Gasteiger partial charge on any atom is -0.459 e. The maximum absolute atomic E-state index is 12.5. The molecule has 0 aliphatic carbocycles. The fourth-order valence-electron chi connectivity index (χ4n) is 2.23. The van der Waals surface area contributed by atoms with Crippen LogP contribution >= 0.6 is 22.9 Å².